The van der Waals surface area contributed by atoms with Crippen molar-refractivity contribution in [3.8, 4) is 0 Å². The molecule has 0 aliphatic heterocycles. The molecule has 0 bridgehead atoms. The Hall–Kier alpha value is 0.0569. The van der Waals surface area contributed by atoms with Gasteiger partial charge in [-0.1, -0.05) is 34.6 Å². The molecule has 8 atom stereocenters. The molecule has 1 unspecified atom stereocenters. The lowest BCUT2D eigenvalue weighted by atomic mass is 9.45. The molecule has 5 heteroatoms. The van der Waals surface area contributed by atoms with Gasteiger partial charge in [-0.3, -0.25) is 0 Å². The van der Waals surface area contributed by atoms with Gasteiger partial charge in [0.05, 0.1) is 18.3 Å². The minimum atomic E-state index is -1.70. The van der Waals surface area contributed by atoms with Gasteiger partial charge in [0.1, 0.15) is 6.61 Å². The lowest BCUT2D eigenvalue weighted by Crippen LogP contribution is -2.55. The van der Waals surface area contributed by atoms with Crippen molar-refractivity contribution in [2.45, 2.75) is 149 Å². The maximum absolute atomic E-state index is 6.95. The summed E-state index contributed by atoms with van der Waals surface area (Å²) < 4.78 is 13.4. The summed E-state index contributed by atoms with van der Waals surface area (Å²) in [4.78, 5) is 10.8. The third-order valence-electron chi connectivity index (χ3n) is 11.6. The van der Waals surface area contributed by atoms with E-state index in [1.165, 1.54) is 57.8 Å². The smallest absolute Gasteiger partial charge is 0.192 e. The van der Waals surface area contributed by atoms with Gasteiger partial charge in [0, 0.05) is 6.10 Å². The normalized spacial score (nSPS) is 41.5. The van der Waals surface area contributed by atoms with Crippen molar-refractivity contribution in [3.63, 3.8) is 0 Å². The van der Waals surface area contributed by atoms with E-state index >= 15 is 0 Å². The van der Waals surface area contributed by atoms with Crippen molar-refractivity contribution >= 4 is 8.32 Å². The molecular formula is C31H58O4Si. The van der Waals surface area contributed by atoms with Crippen molar-refractivity contribution < 1.29 is 18.9 Å². The first kappa shape index (κ1) is 29.0. The van der Waals surface area contributed by atoms with Crippen LogP contribution >= 0.6 is 0 Å². The van der Waals surface area contributed by atoms with Crippen molar-refractivity contribution in [3.05, 3.63) is 0 Å². The van der Waals surface area contributed by atoms with E-state index < -0.39 is 8.32 Å². The van der Waals surface area contributed by atoms with E-state index in [0.29, 0.717) is 41.3 Å². The van der Waals surface area contributed by atoms with Crippen molar-refractivity contribution in [1.82, 2.24) is 0 Å². The Labute approximate surface area is 224 Å². The zero-order chi connectivity index (χ0) is 26.6. The highest BCUT2D eigenvalue weighted by molar-refractivity contribution is 6.74. The van der Waals surface area contributed by atoms with Gasteiger partial charge in [0.15, 0.2) is 8.32 Å². The van der Waals surface area contributed by atoms with Crippen molar-refractivity contribution in [1.29, 1.82) is 0 Å². The Morgan fingerprint density at radius 2 is 1.44 bits per heavy atom. The number of hydrogen-bond donors (Lipinski definition) is 0. The molecule has 210 valence electrons. The SMILES string of the molecule is CC(C)(C)OOCCO[C@H]1CC[C@H]2[C@@H]3CC[C@H]4CC(O[Si](C)(C)C(C)(C)C)CC[C@]4(C)[C@H]3CC[C@]12C. The maximum Gasteiger partial charge on any atom is 0.192 e. The predicted molar refractivity (Wildman–Crippen MR) is 150 cm³/mol. The first-order chi connectivity index (χ1) is 16.6. The van der Waals surface area contributed by atoms with Crippen LogP contribution in [0, 0.1) is 34.5 Å². The Balaban J connectivity index is 1.35. The van der Waals surface area contributed by atoms with Crippen LogP contribution in [0.4, 0.5) is 0 Å². The van der Waals surface area contributed by atoms with Gasteiger partial charge in [-0.25, -0.2) is 9.78 Å². The van der Waals surface area contributed by atoms with Crippen LogP contribution in [-0.2, 0) is 18.9 Å². The lowest BCUT2D eigenvalue weighted by Gasteiger charge is -2.61. The number of ether oxygens (including phenoxy) is 1. The van der Waals surface area contributed by atoms with Gasteiger partial charge in [-0.05, 0) is 131 Å². The van der Waals surface area contributed by atoms with Crippen LogP contribution in [0.25, 0.3) is 0 Å². The summed E-state index contributed by atoms with van der Waals surface area (Å²) in [5.41, 5.74) is 0.570. The highest BCUT2D eigenvalue weighted by Crippen LogP contribution is 2.66. The molecule has 36 heavy (non-hydrogen) atoms. The fourth-order valence-electron chi connectivity index (χ4n) is 8.59. The Morgan fingerprint density at radius 3 is 2.11 bits per heavy atom. The summed E-state index contributed by atoms with van der Waals surface area (Å²) in [7, 11) is -1.70. The molecule has 0 N–H and O–H groups in total. The Bertz CT molecular complexity index is 755. The molecule has 0 aromatic rings. The molecule has 0 spiro atoms. The highest BCUT2D eigenvalue weighted by Gasteiger charge is 2.60. The average molecular weight is 523 g/mol. The molecule has 0 amide bonds. The van der Waals surface area contributed by atoms with Crippen LogP contribution in [0.3, 0.4) is 0 Å². The standard InChI is InChI=1S/C31H58O4Si/c1-28(2,3)35-33-20-19-32-27-14-13-25-24-12-11-22-21-23(34-36(9,10)29(4,5)6)15-17-30(22,7)26(24)16-18-31(25,27)8/h22-27H,11-21H2,1-10H3/t22-,23?,24-,25-,26-,27-,30-,31-/m0/s1. The summed E-state index contributed by atoms with van der Waals surface area (Å²) in [6, 6.07) is 0. The molecular weight excluding hydrogens is 464 g/mol. The molecule has 0 aromatic carbocycles. The minimum absolute atomic E-state index is 0.270. The fourth-order valence-corrected chi connectivity index (χ4v) is 9.99. The van der Waals surface area contributed by atoms with E-state index in [4.69, 9.17) is 18.9 Å². The van der Waals surface area contributed by atoms with E-state index in [0.717, 1.165) is 23.7 Å². The molecule has 0 saturated heterocycles. The first-order valence-corrected chi connectivity index (χ1v) is 18.1. The predicted octanol–water partition coefficient (Wildman–Crippen LogP) is 8.55. The van der Waals surface area contributed by atoms with E-state index in [-0.39, 0.29) is 5.60 Å². The first-order valence-electron chi connectivity index (χ1n) is 15.2. The summed E-state index contributed by atoms with van der Waals surface area (Å²) in [5.74, 6) is 3.45. The maximum atomic E-state index is 6.95. The zero-order valence-corrected chi connectivity index (χ0v) is 26.4. The van der Waals surface area contributed by atoms with Crippen LogP contribution in [-0.4, -0.2) is 39.3 Å². The van der Waals surface area contributed by atoms with Crippen LogP contribution in [0.15, 0.2) is 0 Å². The number of hydrogen-bond acceptors (Lipinski definition) is 4. The van der Waals surface area contributed by atoms with Gasteiger partial charge in [0.2, 0.25) is 0 Å². The van der Waals surface area contributed by atoms with Gasteiger partial charge in [-0.15, -0.1) is 0 Å². The average Bonchev–Trinajstić information content (AvgIpc) is 3.08. The van der Waals surface area contributed by atoms with Crippen molar-refractivity contribution in [2.24, 2.45) is 34.5 Å². The summed E-state index contributed by atoms with van der Waals surface area (Å²) in [5, 5.41) is 0.298. The van der Waals surface area contributed by atoms with Crippen LogP contribution in [0.1, 0.15) is 113 Å². The molecule has 4 rings (SSSR count). The monoisotopic (exact) mass is 522 g/mol. The zero-order valence-electron chi connectivity index (χ0n) is 25.4. The van der Waals surface area contributed by atoms with Gasteiger partial charge >= 0.3 is 0 Å². The number of rotatable bonds is 7. The number of fused-ring (bicyclic) bond motifs is 5. The molecule has 4 aliphatic carbocycles. The molecule has 4 saturated carbocycles. The Kier molecular flexibility index (Phi) is 8.25. The topological polar surface area (TPSA) is 36.9 Å². The van der Waals surface area contributed by atoms with Crippen LogP contribution in [0.5, 0.6) is 0 Å². The third kappa shape index (κ3) is 5.66. The molecule has 4 aliphatic rings. The third-order valence-corrected chi connectivity index (χ3v) is 16.1. The molecule has 0 radical (unpaired) electrons. The van der Waals surface area contributed by atoms with E-state index in [2.05, 4.69) is 47.7 Å². The lowest BCUT2D eigenvalue weighted by molar-refractivity contribution is -0.352. The van der Waals surface area contributed by atoms with Gasteiger partial charge in [0.25, 0.3) is 0 Å². The molecule has 4 fully saturated rings. The largest absolute Gasteiger partial charge is 0.414 e. The fraction of sp³-hybridized carbons (Fsp3) is 1.00. The molecule has 0 heterocycles. The Morgan fingerprint density at radius 1 is 0.778 bits per heavy atom. The summed E-state index contributed by atoms with van der Waals surface area (Å²) in [6.07, 6.45) is 12.9. The second-order valence-electron chi connectivity index (χ2n) is 15.9. The highest BCUT2D eigenvalue weighted by atomic mass is 28.4. The van der Waals surface area contributed by atoms with E-state index in [1.54, 1.807) is 0 Å². The van der Waals surface area contributed by atoms with Gasteiger partial charge in [-0.2, -0.15) is 0 Å². The van der Waals surface area contributed by atoms with Crippen LogP contribution in [0.2, 0.25) is 18.1 Å². The minimum Gasteiger partial charge on any atom is -0.414 e. The second-order valence-corrected chi connectivity index (χ2v) is 20.7. The second kappa shape index (κ2) is 10.2. The van der Waals surface area contributed by atoms with Gasteiger partial charge < -0.3 is 9.16 Å². The van der Waals surface area contributed by atoms with E-state index in [1.807, 2.05) is 20.8 Å². The summed E-state index contributed by atoms with van der Waals surface area (Å²) >= 11 is 0. The van der Waals surface area contributed by atoms with Crippen LogP contribution < -0.4 is 0 Å². The molecule has 4 nitrogen and oxygen atoms in total. The quantitative estimate of drug-likeness (QED) is 0.145. The molecule has 0 aromatic heterocycles. The van der Waals surface area contributed by atoms with Crippen molar-refractivity contribution in [2.75, 3.05) is 13.2 Å². The summed E-state index contributed by atoms with van der Waals surface area (Å²) in [6.45, 7) is 24.4. The van der Waals surface area contributed by atoms with E-state index in [9.17, 15) is 0 Å².